The smallest absolute Gasteiger partial charge is 0.163 e. The van der Waals surface area contributed by atoms with Gasteiger partial charge in [0, 0.05) is 52.3 Å². The molecule has 4 nitrogen and oxygen atoms in total. The number of ketones is 2. The minimum Gasteiger partial charge on any atom is -0.340 e. The second-order valence-electron chi connectivity index (χ2n) is 7.68. The van der Waals surface area contributed by atoms with Crippen LogP contribution in [0.5, 0.6) is 0 Å². The molecule has 138 valence electrons. The van der Waals surface area contributed by atoms with E-state index < -0.39 is 0 Å². The number of rotatable bonds is 5. The molecule has 0 spiro atoms. The summed E-state index contributed by atoms with van der Waals surface area (Å²) in [6.45, 7) is 5.04. The molecule has 0 saturated carbocycles. The van der Waals surface area contributed by atoms with Crippen LogP contribution in [0.25, 0.3) is 21.8 Å². The Morgan fingerprint density at radius 2 is 1.41 bits per heavy atom. The van der Waals surface area contributed by atoms with Crippen molar-refractivity contribution in [3.05, 3.63) is 46.5 Å². The molecule has 0 atom stereocenters. The molecule has 4 heteroatoms. The normalized spacial score (nSPS) is 15.9. The van der Waals surface area contributed by atoms with Crippen LogP contribution >= 0.6 is 0 Å². The first-order valence-corrected chi connectivity index (χ1v) is 10.1. The van der Waals surface area contributed by atoms with Crippen LogP contribution in [0.1, 0.15) is 58.0 Å². The van der Waals surface area contributed by atoms with Gasteiger partial charge in [-0.1, -0.05) is 6.92 Å². The van der Waals surface area contributed by atoms with E-state index in [1.54, 1.807) is 0 Å². The van der Waals surface area contributed by atoms with Crippen LogP contribution in [0.4, 0.5) is 0 Å². The molecular formula is C23H24N2O2. The minimum absolute atomic E-state index is 0.253. The highest BCUT2D eigenvalue weighted by atomic mass is 16.1. The monoisotopic (exact) mass is 360 g/mol. The van der Waals surface area contributed by atoms with Gasteiger partial charge in [-0.15, -0.1) is 0 Å². The van der Waals surface area contributed by atoms with Crippen molar-refractivity contribution >= 4 is 33.4 Å². The van der Waals surface area contributed by atoms with Gasteiger partial charge in [0.2, 0.25) is 0 Å². The number of hydrogen-bond acceptors (Lipinski definition) is 3. The Morgan fingerprint density at radius 1 is 0.852 bits per heavy atom. The Kier molecular flexibility index (Phi) is 3.90. The van der Waals surface area contributed by atoms with E-state index >= 15 is 0 Å². The van der Waals surface area contributed by atoms with Gasteiger partial charge in [0.15, 0.2) is 11.6 Å². The number of carbonyl (C=O) groups excluding carboxylic acids is 2. The van der Waals surface area contributed by atoms with Crippen molar-refractivity contribution in [1.82, 2.24) is 9.88 Å². The first kappa shape index (κ1) is 16.7. The molecule has 2 aliphatic rings. The zero-order valence-electron chi connectivity index (χ0n) is 15.7. The Morgan fingerprint density at radius 3 is 1.93 bits per heavy atom. The van der Waals surface area contributed by atoms with Crippen molar-refractivity contribution in [3.63, 3.8) is 0 Å². The molecular weight excluding hydrogens is 336 g/mol. The minimum atomic E-state index is 0.253. The predicted octanol–water partition coefficient (Wildman–Crippen LogP) is 4.05. The largest absolute Gasteiger partial charge is 0.340 e. The molecule has 1 heterocycles. The lowest BCUT2D eigenvalue weighted by atomic mass is 9.98. The van der Waals surface area contributed by atoms with Crippen LogP contribution in [0.2, 0.25) is 0 Å². The van der Waals surface area contributed by atoms with Crippen molar-refractivity contribution in [2.45, 2.75) is 45.6 Å². The van der Waals surface area contributed by atoms with Crippen molar-refractivity contribution in [1.29, 1.82) is 0 Å². The van der Waals surface area contributed by atoms with Gasteiger partial charge in [-0.05, 0) is 67.7 Å². The van der Waals surface area contributed by atoms with Gasteiger partial charge in [0.1, 0.15) is 0 Å². The summed E-state index contributed by atoms with van der Waals surface area (Å²) in [6, 6.07) is 8.26. The zero-order chi connectivity index (χ0) is 18.5. The molecule has 3 aromatic rings. The highest BCUT2D eigenvalue weighted by Gasteiger charge is 2.29. The van der Waals surface area contributed by atoms with Gasteiger partial charge < -0.3 is 9.88 Å². The second-order valence-corrected chi connectivity index (χ2v) is 7.68. The lowest BCUT2D eigenvalue weighted by Crippen LogP contribution is -2.15. The van der Waals surface area contributed by atoms with E-state index in [1.807, 2.05) is 12.1 Å². The number of carbonyl (C=O) groups is 2. The number of benzene rings is 2. The molecule has 0 bridgehead atoms. The highest BCUT2D eigenvalue weighted by Crippen LogP contribution is 2.41. The molecule has 0 unspecified atom stereocenters. The third-order valence-corrected chi connectivity index (χ3v) is 6.20. The molecule has 0 amide bonds. The number of aromatic nitrogens is 1. The number of nitrogens with one attached hydrogen (secondary N) is 1. The fraction of sp³-hybridized carbons (Fsp3) is 0.391. The molecule has 2 aromatic carbocycles. The highest BCUT2D eigenvalue weighted by molar-refractivity contribution is 6.18. The SMILES string of the molecule is CCNCCCn1c2ccc3c(c2c2c4c(ccc21)C(=O)CC4)CCC3=O. The van der Waals surface area contributed by atoms with Crippen molar-refractivity contribution < 1.29 is 9.59 Å². The van der Waals surface area contributed by atoms with Gasteiger partial charge in [-0.3, -0.25) is 9.59 Å². The molecule has 0 aliphatic heterocycles. The van der Waals surface area contributed by atoms with Gasteiger partial charge >= 0.3 is 0 Å². The summed E-state index contributed by atoms with van der Waals surface area (Å²) in [5, 5.41) is 5.85. The predicted molar refractivity (Wildman–Crippen MR) is 108 cm³/mol. The molecule has 1 aromatic heterocycles. The average molecular weight is 360 g/mol. The van der Waals surface area contributed by atoms with Crippen LogP contribution in [-0.4, -0.2) is 29.2 Å². The molecule has 2 aliphatic carbocycles. The van der Waals surface area contributed by atoms with Gasteiger partial charge in [-0.2, -0.15) is 0 Å². The fourth-order valence-corrected chi connectivity index (χ4v) is 4.98. The Bertz CT molecular complexity index is 1030. The lowest BCUT2D eigenvalue weighted by Gasteiger charge is -2.09. The summed E-state index contributed by atoms with van der Waals surface area (Å²) in [5.74, 6) is 0.507. The second kappa shape index (κ2) is 6.31. The molecule has 27 heavy (non-hydrogen) atoms. The van der Waals surface area contributed by atoms with E-state index in [1.165, 1.54) is 32.9 Å². The number of aryl methyl sites for hydroxylation is 3. The topological polar surface area (TPSA) is 51.1 Å². The maximum absolute atomic E-state index is 12.3. The van der Waals surface area contributed by atoms with E-state index in [0.29, 0.717) is 12.8 Å². The van der Waals surface area contributed by atoms with Gasteiger partial charge in [-0.25, -0.2) is 0 Å². The maximum Gasteiger partial charge on any atom is 0.163 e. The summed E-state index contributed by atoms with van der Waals surface area (Å²) in [5.41, 5.74) is 6.58. The number of nitrogens with zero attached hydrogens (tertiary/aromatic N) is 1. The molecule has 5 rings (SSSR count). The Balaban J connectivity index is 1.79. The lowest BCUT2D eigenvalue weighted by molar-refractivity contribution is 0.0986. The van der Waals surface area contributed by atoms with Gasteiger partial charge in [0.25, 0.3) is 0 Å². The number of Topliss-reactive ketones (excluding diaryl/α,β-unsaturated/α-hetero) is 2. The van der Waals surface area contributed by atoms with E-state index in [2.05, 4.69) is 28.9 Å². The van der Waals surface area contributed by atoms with E-state index in [9.17, 15) is 9.59 Å². The van der Waals surface area contributed by atoms with E-state index in [-0.39, 0.29) is 11.6 Å². The van der Waals surface area contributed by atoms with E-state index in [0.717, 1.165) is 50.0 Å². The summed E-state index contributed by atoms with van der Waals surface area (Å²) < 4.78 is 2.40. The maximum atomic E-state index is 12.3. The number of hydrogen-bond donors (Lipinski definition) is 1. The number of fused-ring (bicyclic) bond motifs is 7. The first-order valence-electron chi connectivity index (χ1n) is 10.1. The Labute approximate surface area is 158 Å². The zero-order valence-corrected chi connectivity index (χ0v) is 15.7. The molecule has 0 fully saturated rings. The van der Waals surface area contributed by atoms with Crippen LogP contribution in [0.3, 0.4) is 0 Å². The first-order chi connectivity index (χ1) is 13.2. The quantitative estimate of drug-likeness (QED) is 0.698. The van der Waals surface area contributed by atoms with Crippen LogP contribution < -0.4 is 5.32 Å². The Hall–Kier alpha value is -2.46. The third kappa shape index (κ3) is 2.39. The molecule has 0 saturated heterocycles. The van der Waals surface area contributed by atoms with Crippen molar-refractivity contribution in [2.75, 3.05) is 13.1 Å². The average Bonchev–Trinajstić information content (AvgIpc) is 3.33. The molecule has 0 radical (unpaired) electrons. The third-order valence-electron chi connectivity index (χ3n) is 6.20. The van der Waals surface area contributed by atoms with Crippen LogP contribution in [0, 0.1) is 0 Å². The molecule has 1 N–H and O–H groups in total. The van der Waals surface area contributed by atoms with Crippen LogP contribution in [-0.2, 0) is 19.4 Å². The van der Waals surface area contributed by atoms with Crippen molar-refractivity contribution in [3.8, 4) is 0 Å². The summed E-state index contributed by atoms with van der Waals surface area (Å²) in [7, 11) is 0. The van der Waals surface area contributed by atoms with E-state index in [4.69, 9.17) is 0 Å². The van der Waals surface area contributed by atoms with Gasteiger partial charge in [0.05, 0.1) is 0 Å². The standard InChI is InChI=1S/C23H24N2O2/c1-2-24-12-3-13-25-18-8-4-14-16(6-10-20(14)26)22(18)23-17-7-11-21(27)15(17)5-9-19(23)25/h4-5,8-9,24H,2-3,6-7,10-13H2,1H3. The van der Waals surface area contributed by atoms with Crippen LogP contribution in [0.15, 0.2) is 24.3 Å². The van der Waals surface area contributed by atoms with Crippen molar-refractivity contribution in [2.24, 2.45) is 0 Å². The fourth-order valence-electron chi connectivity index (χ4n) is 4.98. The summed E-state index contributed by atoms with van der Waals surface area (Å²) in [6.07, 6.45) is 3.91. The summed E-state index contributed by atoms with van der Waals surface area (Å²) in [4.78, 5) is 24.6. The summed E-state index contributed by atoms with van der Waals surface area (Å²) >= 11 is 0.